The first-order valence-electron chi connectivity index (χ1n) is 8.46. The minimum absolute atomic E-state index is 0.988. The Morgan fingerprint density at radius 3 is 2.43 bits per heavy atom. The predicted octanol–water partition coefficient (Wildman–Crippen LogP) is 4.36. The maximum Gasteiger partial charge on any atom is 0.256 e. The Balaban J connectivity index is 2.12. The summed E-state index contributed by atoms with van der Waals surface area (Å²) in [5.74, 6) is 1.49. The first-order chi connectivity index (χ1) is 10.3. The summed E-state index contributed by atoms with van der Waals surface area (Å²) < 4.78 is 4.89. The number of aromatic nitrogens is 2. The lowest BCUT2D eigenvalue weighted by Crippen LogP contribution is -2.37. The minimum atomic E-state index is 0.988. The van der Waals surface area contributed by atoms with Crippen LogP contribution in [0.1, 0.15) is 57.3 Å². The van der Waals surface area contributed by atoms with E-state index in [-0.39, 0.29) is 0 Å². The second kappa shape index (κ2) is 8.66. The van der Waals surface area contributed by atoms with Gasteiger partial charge >= 0.3 is 0 Å². The van der Waals surface area contributed by atoms with Crippen molar-refractivity contribution < 1.29 is 4.57 Å². The molecule has 0 atom stereocenters. The third-order valence-electron chi connectivity index (χ3n) is 4.04. The summed E-state index contributed by atoms with van der Waals surface area (Å²) >= 11 is 0. The first-order valence-corrected chi connectivity index (χ1v) is 8.46. The fourth-order valence-corrected chi connectivity index (χ4v) is 2.77. The summed E-state index contributed by atoms with van der Waals surface area (Å²) in [6.45, 7) is 6.67. The Kier molecular flexibility index (Phi) is 6.52. The van der Waals surface area contributed by atoms with Crippen molar-refractivity contribution in [2.24, 2.45) is 0 Å². The van der Waals surface area contributed by atoms with Crippen molar-refractivity contribution in [2.45, 2.75) is 65.5 Å². The van der Waals surface area contributed by atoms with E-state index in [4.69, 9.17) is 0 Å². The molecule has 0 aliphatic carbocycles. The lowest BCUT2D eigenvalue weighted by atomic mass is 10.2. The molecule has 0 spiro atoms. The predicted molar refractivity (Wildman–Crippen MR) is 88.3 cm³/mol. The van der Waals surface area contributed by atoms with Gasteiger partial charge < -0.3 is 0 Å². The number of benzene rings is 1. The van der Waals surface area contributed by atoms with Gasteiger partial charge in [-0.1, -0.05) is 63.4 Å². The quantitative estimate of drug-likeness (QED) is 0.478. The monoisotopic (exact) mass is 285 g/mol. The van der Waals surface area contributed by atoms with Crippen molar-refractivity contribution in [3.8, 4) is 0 Å². The average molecular weight is 285 g/mol. The SMILES string of the molecule is CCCCCc1n(CCCC)cc[n+]1Cc1ccccc1. The molecule has 0 aliphatic heterocycles. The third-order valence-corrected chi connectivity index (χ3v) is 4.04. The van der Waals surface area contributed by atoms with Crippen LogP contribution in [0, 0.1) is 0 Å². The van der Waals surface area contributed by atoms with Gasteiger partial charge in [0.1, 0.15) is 18.9 Å². The lowest BCUT2D eigenvalue weighted by molar-refractivity contribution is -0.695. The average Bonchev–Trinajstić information content (AvgIpc) is 2.89. The second-order valence-corrected chi connectivity index (χ2v) is 5.83. The van der Waals surface area contributed by atoms with E-state index in [2.05, 4.69) is 65.7 Å². The molecule has 0 saturated carbocycles. The van der Waals surface area contributed by atoms with E-state index >= 15 is 0 Å². The number of hydrogen-bond acceptors (Lipinski definition) is 0. The number of hydrogen-bond donors (Lipinski definition) is 0. The molecule has 0 bridgehead atoms. The number of nitrogens with zero attached hydrogens (tertiary/aromatic N) is 2. The molecule has 2 nitrogen and oxygen atoms in total. The van der Waals surface area contributed by atoms with E-state index in [1.54, 1.807) is 0 Å². The fourth-order valence-electron chi connectivity index (χ4n) is 2.77. The number of rotatable bonds is 9. The van der Waals surface area contributed by atoms with E-state index in [0.717, 1.165) is 13.1 Å². The maximum atomic E-state index is 2.46. The molecule has 2 rings (SSSR count). The lowest BCUT2D eigenvalue weighted by Gasteiger charge is -2.05. The second-order valence-electron chi connectivity index (χ2n) is 5.83. The van der Waals surface area contributed by atoms with Crippen molar-refractivity contribution in [3.63, 3.8) is 0 Å². The standard InChI is InChI=1S/C19H29N2/c1-3-5-8-13-19-20(14-6-4-2)15-16-21(19)17-18-11-9-7-10-12-18/h7,9-12,15-16H,3-6,8,13-14,17H2,1-2H3/q+1. The van der Waals surface area contributed by atoms with Gasteiger partial charge in [-0.3, -0.25) is 0 Å². The van der Waals surface area contributed by atoms with Gasteiger partial charge in [0.25, 0.3) is 5.82 Å². The smallest absolute Gasteiger partial charge is 0.234 e. The van der Waals surface area contributed by atoms with Crippen molar-refractivity contribution >= 4 is 0 Å². The highest BCUT2D eigenvalue weighted by atomic mass is 15.1. The maximum absolute atomic E-state index is 2.46. The van der Waals surface area contributed by atoms with Gasteiger partial charge in [0.05, 0.1) is 6.54 Å². The van der Waals surface area contributed by atoms with E-state index in [1.165, 1.54) is 49.9 Å². The van der Waals surface area contributed by atoms with Gasteiger partial charge in [0, 0.05) is 6.42 Å². The molecule has 1 aromatic carbocycles. The summed E-state index contributed by atoms with van der Waals surface area (Å²) in [6.07, 6.45) is 12.1. The molecule has 0 saturated heterocycles. The van der Waals surface area contributed by atoms with Crippen molar-refractivity contribution in [1.82, 2.24) is 4.57 Å². The molecule has 1 aromatic heterocycles. The molecular formula is C19H29N2+. The van der Waals surface area contributed by atoms with Gasteiger partial charge in [-0.05, 0) is 18.4 Å². The van der Waals surface area contributed by atoms with Crippen LogP contribution in [-0.4, -0.2) is 4.57 Å². The van der Waals surface area contributed by atoms with Crippen LogP contribution >= 0.6 is 0 Å². The van der Waals surface area contributed by atoms with Gasteiger partial charge in [-0.15, -0.1) is 0 Å². The number of unbranched alkanes of at least 4 members (excludes halogenated alkanes) is 3. The van der Waals surface area contributed by atoms with E-state index in [1.807, 2.05) is 0 Å². The van der Waals surface area contributed by atoms with Gasteiger partial charge in [0.2, 0.25) is 0 Å². The zero-order valence-electron chi connectivity index (χ0n) is 13.6. The van der Waals surface area contributed by atoms with E-state index in [9.17, 15) is 0 Å². The molecule has 2 heteroatoms. The minimum Gasteiger partial charge on any atom is -0.234 e. The largest absolute Gasteiger partial charge is 0.256 e. The van der Waals surface area contributed by atoms with Crippen LogP contribution in [0.25, 0.3) is 0 Å². The van der Waals surface area contributed by atoms with Crippen LogP contribution in [0.2, 0.25) is 0 Å². The molecule has 21 heavy (non-hydrogen) atoms. The highest BCUT2D eigenvalue weighted by molar-refractivity contribution is 5.13. The zero-order valence-corrected chi connectivity index (χ0v) is 13.6. The van der Waals surface area contributed by atoms with Crippen molar-refractivity contribution in [2.75, 3.05) is 0 Å². The molecule has 1 heterocycles. The van der Waals surface area contributed by atoms with Crippen LogP contribution in [0.15, 0.2) is 42.7 Å². The Morgan fingerprint density at radius 1 is 0.952 bits per heavy atom. The summed E-state index contributed by atoms with van der Waals surface area (Å²) in [6, 6.07) is 10.8. The van der Waals surface area contributed by atoms with Gasteiger partial charge in [-0.2, -0.15) is 0 Å². The van der Waals surface area contributed by atoms with Crippen molar-refractivity contribution in [3.05, 3.63) is 54.1 Å². The molecule has 0 aliphatic rings. The summed E-state index contributed by atoms with van der Waals surface area (Å²) in [4.78, 5) is 0. The van der Waals surface area contributed by atoms with Crippen LogP contribution < -0.4 is 4.57 Å². The van der Waals surface area contributed by atoms with Gasteiger partial charge in [0.15, 0.2) is 0 Å². The highest BCUT2D eigenvalue weighted by Gasteiger charge is 2.16. The summed E-state index contributed by atoms with van der Waals surface area (Å²) in [5.41, 5.74) is 1.38. The fraction of sp³-hybridized carbons (Fsp3) is 0.526. The Hall–Kier alpha value is -1.57. The van der Waals surface area contributed by atoms with Crippen LogP contribution in [-0.2, 0) is 19.5 Å². The first kappa shape index (κ1) is 15.8. The van der Waals surface area contributed by atoms with Crippen LogP contribution in [0.3, 0.4) is 0 Å². The number of imidazole rings is 1. The van der Waals surface area contributed by atoms with Gasteiger partial charge in [-0.25, -0.2) is 9.13 Å². The molecule has 0 radical (unpaired) electrons. The summed E-state index contributed by atoms with van der Waals surface area (Å²) in [5, 5.41) is 0. The molecule has 0 N–H and O–H groups in total. The Labute approximate surface area is 129 Å². The molecule has 114 valence electrons. The van der Waals surface area contributed by atoms with Crippen LogP contribution in [0.5, 0.6) is 0 Å². The topological polar surface area (TPSA) is 8.81 Å². The molecule has 0 amide bonds. The third kappa shape index (κ3) is 4.73. The highest BCUT2D eigenvalue weighted by Crippen LogP contribution is 2.07. The molecular weight excluding hydrogens is 256 g/mol. The Morgan fingerprint density at radius 2 is 1.71 bits per heavy atom. The molecule has 0 fully saturated rings. The summed E-state index contributed by atoms with van der Waals surface area (Å²) in [7, 11) is 0. The molecule has 0 unspecified atom stereocenters. The van der Waals surface area contributed by atoms with Crippen molar-refractivity contribution in [1.29, 1.82) is 0 Å². The normalized spacial score (nSPS) is 11.0. The van der Waals surface area contributed by atoms with E-state index in [0.29, 0.717) is 0 Å². The molecule has 2 aromatic rings. The zero-order chi connectivity index (χ0) is 14.9. The number of aryl methyl sites for hydroxylation is 1. The van der Waals surface area contributed by atoms with E-state index < -0.39 is 0 Å². The van der Waals surface area contributed by atoms with Crippen LogP contribution in [0.4, 0.5) is 0 Å². The Bertz CT molecular complexity index is 514.